The Morgan fingerprint density at radius 3 is 2.80 bits per heavy atom. The maximum Gasteiger partial charge on any atom is 0.410 e. The smallest absolute Gasteiger partial charge is 0.410 e. The maximum atomic E-state index is 13.3. The first-order valence-corrected chi connectivity index (χ1v) is 9.95. The van der Waals surface area contributed by atoms with E-state index >= 15 is 0 Å². The number of ether oxygens (including phenoxy) is 1. The van der Waals surface area contributed by atoms with Crippen LogP contribution in [0.4, 0.5) is 9.18 Å². The molecule has 1 fully saturated rings. The van der Waals surface area contributed by atoms with E-state index in [0.717, 1.165) is 41.1 Å². The fourth-order valence-electron chi connectivity index (χ4n) is 4.45. The highest BCUT2D eigenvalue weighted by Gasteiger charge is 2.46. The monoisotopic (exact) mass is 413 g/mol. The van der Waals surface area contributed by atoms with Crippen LogP contribution in [-0.4, -0.2) is 51.5 Å². The van der Waals surface area contributed by atoms with Crippen molar-refractivity contribution in [3.63, 3.8) is 0 Å². The molecule has 2 aromatic rings. The lowest BCUT2D eigenvalue weighted by Gasteiger charge is -2.45. The number of carbonyl (C=O) groups is 2. The van der Waals surface area contributed by atoms with Crippen LogP contribution in [0, 0.1) is 11.2 Å². The summed E-state index contributed by atoms with van der Waals surface area (Å²) in [4.78, 5) is 24.4. The predicted molar refractivity (Wildman–Crippen MR) is 108 cm³/mol. The van der Waals surface area contributed by atoms with Gasteiger partial charge >= 0.3 is 12.1 Å². The summed E-state index contributed by atoms with van der Waals surface area (Å²) in [5, 5.41) is 13.4. The van der Waals surface area contributed by atoms with Gasteiger partial charge in [0.2, 0.25) is 0 Å². The van der Waals surface area contributed by atoms with E-state index in [0.29, 0.717) is 6.42 Å². The third kappa shape index (κ3) is 3.58. The molecule has 0 spiro atoms. The van der Waals surface area contributed by atoms with Crippen LogP contribution in [0.5, 0.6) is 0 Å². The second-order valence-corrected chi connectivity index (χ2v) is 8.22. The molecule has 1 N–H and O–H groups in total. The second kappa shape index (κ2) is 7.59. The molecule has 0 saturated heterocycles. The number of hydrogen-bond acceptors (Lipinski definition) is 4. The molecule has 1 amide bonds. The number of carboxylic acids is 1. The van der Waals surface area contributed by atoms with E-state index in [1.54, 1.807) is 23.0 Å². The highest BCUT2D eigenvalue weighted by molar-refractivity contribution is 5.76. The topological polar surface area (TPSA) is 84.7 Å². The van der Waals surface area contributed by atoms with E-state index in [9.17, 15) is 14.0 Å². The summed E-state index contributed by atoms with van der Waals surface area (Å²) >= 11 is 0. The Labute approximate surface area is 173 Å². The van der Waals surface area contributed by atoms with E-state index in [1.165, 1.54) is 24.8 Å². The van der Waals surface area contributed by atoms with Crippen molar-refractivity contribution in [3.8, 4) is 5.69 Å². The van der Waals surface area contributed by atoms with Gasteiger partial charge < -0.3 is 14.7 Å². The zero-order valence-electron chi connectivity index (χ0n) is 17.0. The van der Waals surface area contributed by atoms with Crippen LogP contribution in [0.25, 0.3) is 11.8 Å². The molecule has 2 atom stereocenters. The molecular weight excluding hydrogens is 389 g/mol. The van der Waals surface area contributed by atoms with Gasteiger partial charge in [-0.1, -0.05) is 12.5 Å². The van der Waals surface area contributed by atoms with Crippen molar-refractivity contribution in [2.45, 2.75) is 38.7 Å². The maximum absolute atomic E-state index is 13.3. The summed E-state index contributed by atoms with van der Waals surface area (Å²) in [6.07, 6.45) is 6.10. The van der Waals surface area contributed by atoms with E-state index in [1.807, 2.05) is 0 Å². The molecule has 7 nitrogen and oxygen atoms in total. The first kappa shape index (κ1) is 20.1. The zero-order valence-corrected chi connectivity index (χ0v) is 17.0. The largest absolute Gasteiger partial charge is 0.480 e. The fourth-order valence-corrected chi connectivity index (χ4v) is 4.45. The quantitative estimate of drug-likeness (QED) is 0.827. The number of hydrogen-bond donors (Lipinski definition) is 1. The van der Waals surface area contributed by atoms with Crippen LogP contribution in [0.2, 0.25) is 0 Å². The van der Waals surface area contributed by atoms with Crippen molar-refractivity contribution < 1.29 is 23.8 Å². The molecule has 2 aliphatic rings. The number of carbonyl (C=O) groups excluding carboxylic acids is 1. The predicted octanol–water partition coefficient (Wildman–Crippen LogP) is 3.66. The van der Waals surface area contributed by atoms with E-state index in [4.69, 9.17) is 9.84 Å². The van der Waals surface area contributed by atoms with Crippen molar-refractivity contribution in [1.29, 1.82) is 0 Å². The molecular formula is C22H24FN3O4. The fraction of sp³-hybridized carbons (Fsp3) is 0.409. The first-order chi connectivity index (χ1) is 14.3. The van der Waals surface area contributed by atoms with Crippen LogP contribution in [-0.2, 0) is 16.0 Å². The van der Waals surface area contributed by atoms with Crippen LogP contribution in [0.3, 0.4) is 0 Å². The number of nitrogens with zero attached hydrogens (tertiary/aromatic N) is 3. The molecule has 1 saturated carbocycles. The number of benzene rings is 1. The second-order valence-electron chi connectivity index (χ2n) is 8.22. The minimum Gasteiger partial charge on any atom is -0.480 e. The first-order valence-electron chi connectivity index (χ1n) is 9.95. The SMILES string of the molecule is CN(CC(=O)O)C(=O)OC1CCCC2=Cc3c(cnn3-c3ccc(F)cc3)CC21C. The third-order valence-corrected chi connectivity index (χ3v) is 6.11. The van der Waals surface area contributed by atoms with Crippen molar-refractivity contribution in [2.24, 2.45) is 5.41 Å². The lowest BCUT2D eigenvalue weighted by molar-refractivity contribution is -0.137. The summed E-state index contributed by atoms with van der Waals surface area (Å²) in [5.74, 6) is -1.38. The molecule has 0 aliphatic heterocycles. The number of carboxylic acid groups (broad SMARTS) is 1. The van der Waals surface area contributed by atoms with Crippen LogP contribution in [0.15, 0.2) is 36.0 Å². The number of amides is 1. The average molecular weight is 413 g/mol. The number of aromatic nitrogens is 2. The average Bonchev–Trinajstić information content (AvgIpc) is 3.09. The van der Waals surface area contributed by atoms with Crippen molar-refractivity contribution in [2.75, 3.05) is 13.6 Å². The van der Waals surface area contributed by atoms with Crippen LogP contribution >= 0.6 is 0 Å². The summed E-state index contributed by atoms with van der Waals surface area (Å²) in [7, 11) is 1.42. The van der Waals surface area contributed by atoms with Gasteiger partial charge in [0.25, 0.3) is 0 Å². The normalized spacial score (nSPS) is 22.5. The minimum absolute atomic E-state index is 0.296. The van der Waals surface area contributed by atoms with Gasteiger partial charge in [0, 0.05) is 12.5 Å². The number of aliphatic carboxylic acids is 1. The highest BCUT2D eigenvalue weighted by Crippen LogP contribution is 2.49. The van der Waals surface area contributed by atoms with E-state index < -0.39 is 18.6 Å². The highest BCUT2D eigenvalue weighted by atomic mass is 19.1. The standard InChI is InChI=1S/C22H24FN3O4/c1-22-11-14-12-24-26(17-8-6-16(23)7-9-17)18(14)10-15(22)4-3-5-19(22)30-21(29)25(2)13-20(27)28/h6-10,12,19H,3-5,11,13H2,1-2H3,(H,27,28). The molecule has 2 unspecified atom stereocenters. The molecule has 8 heteroatoms. The zero-order chi connectivity index (χ0) is 21.5. The molecule has 1 aromatic heterocycles. The lowest BCUT2D eigenvalue weighted by Crippen LogP contribution is -2.46. The minimum atomic E-state index is -1.08. The molecule has 30 heavy (non-hydrogen) atoms. The number of rotatable bonds is 4. The molecule has 2 aliphatic carbocycles. The van der Waals surface area contributed by atoms with E-state index in [-0.39, 0.29) is 17.3 Å². The van der Waals surface area contributed by atoms with Gasteiger partial charge in [-0.25, -0.2) is 13.9 Å². The Balaban J connectivity index is 1.61. The summed E-state index contributed by atoms with van der Waals surface area (Å²) in [6.45, 7) is 1.69. The van der Waals surface area contributed by atoms with Crippen LogP contribution < -0.4 is 0 Å². The molecule has 0 bridgehead atoms. The Morgan fingerprint density at radius 1 is 1.37 bits per heavy atom. The van der Waals surface area contributed by atoms with Gasteiger partial charge in [0.1, 0.15) is 18.5 Å². The van der Waals surface area contributed by atoms with Crippen molar-refractivity contribution in [3.05, 3.63) is 53.1 Å². The Morgan fingerprint density at radius 2 is 2.10 bits per heavy atom. The summed E-state index contributed by atoms with van der Waals surface area (Å²) in [6, 6.07) is 6.21. The molecule has 0 radical (unpaired) electrons. The number of halogens is 1. The third-order valence-electron chi connectivity index (χ3n) is 6.11. The van der Waals surface area contributed by atoms with Crippen molar-refractivity contribution in [1.82, 2.24) is 14.7 Å². The van der Waals surface area contributed by atoms with Crippen molar-refractivity contribution >= 4 is 18.1 Å². The van der Waals surface area contributed by atoms with Gasteiger partial charge in [-0.15, -0.1) is 0 Å². The summed E-state index contributed by atoms with van der Waals surface area (Å²) < 4.78 is 20.9. The van der Waals surface area contributed by atoms with Crippen LogP contribution in [0.1, 0.15) is 37.4 Å². The van der Waals surface area contributed by atoms with Gasteiger partial charge in [-0.3, -0.25) is 4.79 Å². The number of fused-ring (bicyclic) bond motifs is 2. The Hall–Kier alpha value is -3.16. The molecule has 1 aromatic carbocycles. The molecule has 158 valence electrons. The van der Waals surface area contributed by atoms with Gasteiger partial charge in [-0.2, -0.15) is 5.10 Å². The van der Waals surface area contributed by atoms with Gasteiger partial charge in [0.05, 0.1) is 17.6 Å². The van der Waals surface area contributed by atoms with Gasteiger partial charge in [-0.05, 0) is 61.6 Å². The van der Waals surface area contributed by atoms with E-state index in [2.05, 4.69) is 18.1 Å². The number of likely N-dealkylation sites (N-methyl/N-ethyl adjacent to an activating group) is 1. The Bertz CT molecular complexity index is 1010. The van der Waals surface area contributed by atoms with Gasteiger partial charge in [0.15, 0.2) is 0 Å². The Kier molecular flexibility index (Phi) is 5.09. The molecule has 4 rings (SSSR count). The summed E-state index contributed by atoms with van der Waals surface area (Å²) in [5.41, 5.74) is 3.59. The molecule has 1 heterocycles. The lowest BCUT2D eigenvalue weighted by atomic mass is 9.64.